The fourth-order valence-electron chi connectivity index (χ4n) is 5.14. The van der Waals surface area contributed by atoms with Crippen LogP contribution < -0.4 is 15.4 Å². The highest BCUT2D eigenvalue weighted by Crippen LogP contribution is 2.56. The lowest BCUT2D eigenvalue weighted by Crippen LogP contribution is -2.52. The van der Waals surface area contributed by atoms with Crippen LogP contribution in [0.4, 0.5) is 20.7 Å². The number of fused-ring (bicyclic) bond motifs is 1. The predicted molar refractivity (Wildman–Crippen MR) is 132 cm³/mol. The molecular formula is C24H34FN5O3Si. The van der Waals surface area contributed by atoms with Crippen LogP contribution in [0.1, 0.15) is 49.9 Å². The first-order chi connectivity index (χ1) is 15.8. The molecule has 34 heavy (non-hydrogen) atoms. The summed E-state index contributed by atoms with van der Waals surface area (Å²) in [6.07, 6.45) is 2.88. The van der Waals surface area contributed by atoms with Gasteiger partial charge in [-0.25, -0.2) is 9.18 Å². The lowest BCUT2D eigenvalue weighted by atomic mass is 9.83. The van der Waals surface area contributed by atoms with E-state index in [1.165, 1.54) is 7.11 Å². The molecule has 0 saturated heterocycles. The van der Waals surface area contributed by atoms with Gasteiger partial charge in [-0.2, -0.15) is 5.10 Å². The van der Waals surface area contributed by atoms with Gasteiger partial charge in [0.25, 0.3) is 0 Å². The number of amides is 3. The van der Waals surface area contributed by atoms with Gasteiger partial charge in [-0.15, -0.1) is 0 Å². The molecule has 8 nitrogen and oxygen atoms in total. The van der Waals surface area contributed by atoms with Crippen molar-refractivity contribution >= 4 is 31.5 Å². The molecule has 1 aliphatic carbocycles. The quantitative estimate of drug-likeness (QED) is 0.495. The summed E-state index contributed by atoms with van der Waals surface area (Å²) in [5, 5.41) is 12.9. The molecule has 0 spiro atoms. The molecule has 3 amide bonds. The smallest absolute Gasteiger partial charge is 0.323 e. The second kappa shape index (κ2) is 8.11. The summed E-state index contributed by atoms with van der Waals surface area (Å²) >= 11 is 0. The number of nitrogens with zero attached hydrogens (tertiary/aromatic N) is 2. The van der Waals surface area contributed by atoms with Crippen LogP contribution in [0.2, 0.25) is 24.7 Å². The van der Waals surface area contributed by atoms with Gasteiger partial charge in [-0.1, -0.05) is 32.1 Å². The normalized spacial score (nSPS) is 18.2. The van der Waals surface area contributed by atoms with E-state index in [-0.39, 0.29) is 28.9 Å². The molecule has 0 unspecified atom stereocenters. The number of carbonyl (C=O) groups is 2. The zero-order valence-corrected chi connectivity index (χ0v) is 22.0. The lowest BCUT2D eigenvalue weighted by Gasteiger charge is -2.48. The zero-order valence-electron chi connectivity index (χ0n) is 21.0. The summed E-state index contributed by atoms with van der Waals surface area (Å²) < 4.78 is 20.0. The Balaban J connectivity index is 1.57. The molecular weight excluding hydrogens is 453 g/mol. The number of rotatable bonds is 5. The van der Waals surface area contributed by atoms with Crippen molar-refractivity contribution in [2.75, 3.05) is 17.7 Å². The highest BCUT2D eigenvalue weighted by molar-refractivity contribution is 6.83. The van der Waals surface area contributed by atoms with Gasteiger partial charge in [-0.05, 0) is 45.2 Å². The first-order valence-electron chi connectivity index (χ1n) is 11.6. The van der Waals surface area contributed by atoms with E-state index in [0.717, 1.165) is 30.5 Å². The Hall–Kier alpha value is -2.88. The number of carbonyl (C=O) groups excluding carboxylic acids is 2. The first kappa shape index (κ1) is 24.2. The van der Waals surface area contributed by atoms with Crippen LogP contribution in [0, 0.1) is 12.7 Å². The maximum absolute atomic E-state index is 14.8. The van der Waals surface area contributed by atoms with Crippen molar-refractivity contribution in [2.45, 2.75) is 76.8 Å². The number of hydrogen-bond acceptors (Lipinski definition) is 4. The van der Waals surface area contributed by atoms with E-state index in [2.05, 4.69) is 40.5 Å². The Bertz CT molecular complexity index is 1150. The first-order valence-corrected chi connectivity index (χ1v) is 15.1. The largest absolute Gasteiger partial charge is 0.494 e. The van der Waals surface area contributed by atoms with Crippen LogP contribution in [-0.2, 0) is 16.9 Å². The van der Waals surface area contributed by atoms with Gasteiger partial charge in [-0.3, -0.25) is 9.89 Å². The summed E-state index contributed by atoms with van der Waals surface area (Å²) in [4.78, 5) is 28.2. The highest BCUT2D eigenvalue weighted by atomic mass is 28.3. The standard InChI is InChI=1S/C24H34FN5O3Si/c1-14-9-10-16(33-4)18(17(14)25)26-22(32)30-13-15-19(23(30,2)3)28-29-20(15)27-21(31)24(11-8-12-24)34(5,6)7/h9-10H,8,11-13H2,1-7H3,(H,26,32)(H2,27,28,29,31). The highest BCUT2D eigenvalue weighted by Gasteiger charge is 2.54. The molecule has 4 rings (SSSR count). The Morgan fingerprint density at radius 1 is 1.21 bits per heavy atom. The van der Waals surface area contributed by atoms with Gasteiger partial charge in [0.2, 0.25) is 5.91 Å². The minimum Gasteiger partial charge on any atom is -0.494 e. The third kappa shape index (κ3) is 3.59. The van der Waals surface area contributed by atoms with Crippen LogP contribution in [0.15, 0.2) is 12.1 Å². The third-order valence-corrected chi connectivity index (χ3v) is 11.4. The Morgan fingerprint density at radius 2 is 1.88 bits per heavy atom. The molecule has 3 N–H and O–H groups in total. The molecule has 2 heterocycles. The van der Waals surface area contributed by atoms with Gasteiger partial charge < -0.3 is 20.3 Å². The van der Waals surface area contributed by atoms with Crippen LogP contribution in [-0.4, -0.2) is 42.2 Å². The summed E-state index contributed by atoms with van der Waals surface area (Å²) in [5.41, 5.74) is 1.20. The number of aromatic nitrogens is 2. The maximum Gasteiger partial charge on any atom is 0.323 e. The van der Waals surface area contributed by atoms with E-state index in [4.69, 9.17) is 4.74 Å². The lowest BCUT2D eigenvalue weighted by molar-refractivity contribution is -0.121. The van der Waals surface area contributed by atoms with Crippen LogP contribution in [0.25, 0.3) is 0 Å². The van der Waals surface area contributed by atoms with Crippen molar-refractivity contribution < 1.29 is 18.7 Å². The van der Waals surface area contributed by atoms with E-state index >= 15 is 0 Å². The molecule has 1 aromatic heterocycles. The van der Waals surface area contributed by atoms with Gasteiger partial charge in [0, 0.05) is 10.6 Å². The number of ether oxygens (including phenoxy) is 1. The van der Waals surface area contributed by atoms with Crippen molar-refractivity contribution in [1.82, 2.24) is 15.1 Å². The Morgan fingerprint density at radius 3 is 2.44 bits per heavy atom. The second-order valence-corrected chi connectivity index (χ2v) is 16.4. The molecule has 1 saturated carbocycles. The average molecular weight is 488 g/mol. The van der Waals surface area contributed by atoms with Gasteiger partial charge >= 0.3 is 6.03 Å². The number of aromatic amines is 1. The number of halogens is 1. The van der Waals surface area contributed by atoms with E-state index < -0.39 is 25.5 Å². The molecule has 1 aliphatic heterocycles. The number of H-pyrrole nitrogens is 1. The number of hydrogen-bond donors (Lipinski definition) is 3. The molecule has 0 bridgehead atoms. The van der Waals surface area contributed by atoms with E-state index in [9.17, 15) is 14.0 Å². The van der Waals surface area contributed by atoms with E-state index in [1.54, 1.807) is 24.0 Å². The van der Waals surface area contributed by atoms with Crippen LogP contribution >= 0.6 is 0 Å². The molecule has 184 valence electrons. The third-order valence-electron chi connectivity index (χ3n) is 7.77. The van der Waals surface area contributed by atoms with E-state index in [1.807, 2.05) is 13.8 Å². The van der Waals surface area contributed by atoms with E-state index in [0.29, 0.717) is 11.4 Å². The molecule has 0 atom stereocenters. The number of benzene rings is 1. The predicted octanol–water partition coefficient (Wildman–Crippen LogP) is 5.35. The van der Waals surface area contributed by atoms with Crippen LogP contribution in [0.5, 0.6) is 5.75 Å². The average Bonchev–Trinajstić information content (AvgIpc) is 3.22. The van der Waals surface area contributed by atoms with Crippen molar-refractivity contribution in [2.24, 2.45) is 0 Å². The molecule has 1 aromatic carbocycles. The Kier molecular flexibility index (Phi) is 5.78. The zero-order chi connectivity index (χ0) is 25.1. The number of nitrogens with one attached hydrogen (secondary N) is 3. The van der Waals surface area contributed by atoms with Crippen molar-refractivity contribution in [3.05, 3.63) is 34.8 Å². The van der Waals surface area contributed by atoms with Crippen molar-refractivity contribution in [3.63, 3.8) is 0 Å². The fraction of sp³-hybridized carbons (Fsp3) is 0.542. The van der Waals surface area contributed by atoms with Gasteiger partial charge in [0.05, 0.1) is 33.0 Å². The number of aryl methyl sites for hydroxylation is 1. The summed E-state index contributed by atoms with van der Waals surface area (Å²) in [7, 11) is -0.309. The van der Waals surface area contributed by atoms with Crippen molar-refractivity contribution in [3.8, 4) is 5.75 Å². The monoisotopic (exact) mass is 487 g/mol. The maximum atomic E-state index is 14.8. The number of anilines is 2. The SMILES string of the molecule is COc1ccc(C)c(F)c1NC(=O)N1Cc2c(NC(=O)C3([Si](C)(C)C)CCC3)n[nH]c2C1(C)C. The minimum atomic E-state index is -1.74. The number of methoxy groups -OCH3 is 1. The summed E-state index contributed by atoms with van der Waals surface area (Å²) in [5.74, 6) is 0.209. The summed E-state index contributed by atoms with van der Waals surface area (Å²) in [6, 6.07) is 2.76. The molecule has 0 radical (unpaired) electrons. The van der Waals surface area contributed by atoms with Crippen molar-refractivity contribution in [1.29, 1.82) is 0 Å². The molecule has 1 fully saturated rings. The fourth-order valence-corrected chi connectivity index (χ4v) is 7.74. The second-order valence-electron chi connectivity index (χ2n) is 10.9. The molecule has 10 heteroatoms. The Labute approximate surface area is 200 Å². The molecule has 2 aromatic rings. The minimum absolute atomic E-state index is 0.00701. The molecule has 2 aliphatic rings. The van der Waals surface area contributed by atoms with Gasteiger partial charge in [0.1, 0.15) is 11.4 Å². The van der Waals surface area contributed by atoms with Crippen LogP contribution in [0.3, 0.4) is 0 Å². The summed E-state index contributed by atoms with van der Waals surface area (Å²) in [6.45, 7) is 12.3. The van der Waals surface area contributed by atoms with Gasteiger partial charge in [0.15, 0.2) is 11.6 Å². The topological polar surface area (TPSA) is 99.3 Å². The number of urea groups is 1.